The zero-order valence-electron chi connectivity index (χ0n) is 12.5. The SMILES string of the molecule is CC(=O)NCCNC(=O)CCc1nc(-c2ccccc2)cs1. The highest BCUT2D eigenvalue weighted by Gasteiger charge is 2.07. The zero-order chi connectivity index (χ0) is 15.8. The second-order valence-corrected chi connectivity index (χ2v) is 5.77. The molecule has 1 aromatic heterocycles. The number of carbonyl (C=O) groups excluding carboxylic acids is 2. The van der Waals surface area contributed by atoms with Crippen LogP contribution in [0, 0.1) is 0 Å². The third-order valence-electron chi connectivity index (χ3n) is 3.01. The summed E-state index contributed by atoms with van der Waals surface area (Å²) in [6.07, 6.45) is 1.03. The molecule has 2 aromatic rings. The summed E-state index contributed by atoms with van der Waals surface area (Å²) >= 11 is 1.57. The number of aromatic nitrogens is 1. The van der Waals surface area contributed by atoms with Crippen LogP contribution >= 0.6 is 11.3 Å². The van der Waals surface area contributed by atoms with Crippen LogP contribution in [-0.2, 0) is 16.0 Å². The molecule has 6 heteroatoms. The van der Waals surface area contributed by atoms with Crippen molar-refractivity contribution in [2.45, 2.75) is 19.8 Å². The van der Waals surface area contributed by atoms with Crippen LogP contribution in [0.25, 0.3) is 11.3 Å². The monoisotopic (exact) mass is 317 g/mol. The summed E-state index contributed by atoms with van der Waals surface area (Å²) < 4.78 is 0. The number of nitrogens with zero attached hydrogens (tertiary/aromatic N) is 1. The molecule has 0 atom stereocenters. The summed E-state index contributed by atoms with van der Waals surface area (Å²) in [5, 5.41) is 8.37. The Bertz CT molecular complexity index is 625. The van der Waals surface area contributed by atoms with Gasteiger partial charge in [-0.25, -0.2) is 4.98 Å². The first-order chi connectivity index (χ1) is 10.6. The normalized spacial score (nSPS) is 10.2. The Morgan fingerprint density at radius 1 is 1.14 bits per heavy atom. The molecule has 2 amide bonds. The summed E-state index contributed by atoms with van der Waals surface area (Å²) in [6.45, 7) is 2.36. The minimum absolute atomic E-state index is 0.0261. The fourth-order valence-corrected chi connectivity index (χ4v) is 2.72. The number of aryl methyl sites for hydroxylation is 1. The molecule has 2 rings (SSSR count). The van der Waals surface area contributed by atoms with Crippen molar-refractivity contribution in [3.05, 3.63) is 40.7 Å². The van der Waals surface area contributed by atoms with Gasteiger partial charge in [0.25, 0.3) is 0 Å². The second-order valence-electron chi connectivity index (χ2n) is 4.83. The molecule has 0 saturated heterocycles. The Morgan fingerprint density at radius 3 is 2.59 bits per heavy atom. The largest absolute Gasteiger partial charge is 0.355 e. The Kier molecular flexibility index (Phi) is 6.09. The van der Waals surface area contributed by atoms with E-state index in [2.05, 4.69) is 15.6 Å². The van der Waals surface area contributed by atoms with Crippen LogP contribution in [0.15, 0.2) is 35.7 Å². The van der Waals surface area contributed by atoms with Crippen molar-refractivity contribution in [3.63, 3.8) is 0 Å². The van der Waals surface area contributed by atoms with E-state index in [9.17, 15) is 9.59 Å². The molecule has 1 heterocycles. The number of thiazole rings is 1. The molecule has 2 N–H and O–H groups in total. The number of hydrogen-bond acceptors (Lipinski definition) is 4. The van der Waals surface area contributed by atoms with Crippen molar-refractivity contribution in [3.8, 4) is 11.3 Å². The van der Waals surface area contributed by atoms with E-state index >= 15 is 0 Å². The van der Waals surface area contributed by atoms with E-state index in [4.69, 9.17) is 0 Å². The third kappa shape index (κ3) is 5.29. The first-order valence-electron chi connectivity index (χ1n) is 7.16. The van der Waals surface area contributed by atoms with Crippen LogP contribution in [0.5, 0.6) is 0 Å². The predicted molar refractivity (Wildman–Crippen MR) is 87.6 cm³/mol. The first-order valence-corrected chi connectivity index (χ1v) is 8.04. The van der Waals surface area contributed by atoms with E-state index < -0.39 is 0 Å². The molecule has 0 fully saturated rings. The van der Waals surface area contributed by atoms with Crippen LogP contribution in [-0.4, -0.2) is 29.9 Å². The lowest BCUT2D eigenvalue weighted by molar-refractivity contribution is -0.122. The number of benzene rings is 1. The summed E-state index contributed by atoms with van der Waals surface area (Å²) in [5.41, 5.74) is 2.04. The molecule has 5 nitrogen and oxygen atoms in total. The maximum atomic E-state index is 11.7. The van der Waals surface area contributed by atoms with Gasteiger partial charge in [0.15, 0.2) is 0 Å². The molecule has 0 aliphatic rings. The van der Waals surface area contributed by atoms with Gasteiger partial charge in [-0.2, -0.15) is 0 Å². The van der Waals surface area contributed by atoms with Gasteiger partial charge in [-0.05, 0) is 0 Å². The Labute approximate surface area is 133 Å². The van der Waals surface area contributed by atoms with E-state index in [1.54, 1.807) is 11.3 Å². The van der Waals surface area contributed by atoms with E-state index in [0.29, 0.717) is 25.9 Å². The Balaban J connectivity index is 1.74. The van der Waals surface area contributed by atoms with Crippen molar-refractivity contribution < 1.29 is 9.59 Å². The molecule has 1 aromatic carbocycles. The van der Waals surface area contributed by atoms with Crippen molar-refractivity contribution >= 4 is 23.2 Å². The van der Waals surface area contributed by atoms with Gasteiger partial charge in [0, 0.05) is 43.8 Å². The standard InChI is InChI=1S/C16H19N3O2S/c1-12(20)17-9-10-18-15(21)7-8-16-19-14(11-22-16)13-5-3-2-4-6-13/h2-6,11H,7-10H2,1H3,(H,17,20)(H,18,21). The van der Waals surface area contributed by atoms with Crippen LogP contribution in [0.4, 0.5) is 0 Å². The third-order valence-corrected chi connectivity index (χ3v) is 3.92. The summed E-state index contributed by atoms with van der Waals surface area (Å²) in [5.74, 6) is -0.118. The highest BCUT2D eigenvalue weighted by Crippen LogP contribution is 2.22. The number of amides is 2. The molecule has 0 aliphatic heterocycles. The minimum atomic E-state index is -0.0922. The lowest BCUT2D eigenvalue weighted by atomic mass is 10.2. The van der Waals surface area contributed by atoms with Crippen LogP contribution in [0.1, 0.15) is 18.4 Å². The molecule has 0 saturated carbocycles. The molecule has 0 aliphatic carbocycles. The number of rotatable bonds is 7. The van der Waals surface area contributed by atoms with Gasteiger partial charge in [0.1, 0.15) is 0 Å². The van der Waals surface area contributed by atoms with E-state index in [-0.39, 0.29) is 11.8 Å². The lowest BCUT2D eigenvalue weighted by Gasteiger charge is -2.04. The minimum Gasteiger partial charge on any atom is -0.355 e. The molecule has 0 unspecified atom stereocenters. The van der Waals surface area contributed by atoms with Gasteiger partial charge in [0.05, 0.1) is 10.7 Å². The number of hydrogen-bond donors (Lipinski definition) is 2. The first kappa shape index (κ1) is 16.2. The van der Waals surface area contributed by atoms with Gasteiger partial charge < -0.3 is 10.6 Å². The highest BCUT2D eigenvalue weighted by molar-refractivity contribution is 7.09. The molecular formula is C16H19N3O2S. The fourth-order valence-electron chi connectivity index (χ4n) is 1.92. The van der Waals surface area contributed by atoms with E-state index in [0.717, 1.165) is 16.3 Å². The topological polar surface area (TPSA) is 71.1 Å². The van der Waals surface area contributed by atoms with Gasteiger partial charge in [-0.3, -0.25) is 9.59 Å². The van der Waals surface area contributed by atoms with Crippen LogP contribution < -0.4 is 10.6 Å². The summed E-state index contributed by atoms with van der Waals surface area (Å²) in [6, 6.07) is 9.98. The Hall–Kier alpha value is -2.21. The van der Waals surface area contributed by atoms with E-state index in [1.807, 2.05) is 35.7 Å². The summed E-state index contributed by atoms with van der Waals surface area (Å²) in [7, 11) is 0. The zero-order valence-corrected chi connectivity index (χ0v) is 13.3. The number of nitrogens with one attached hydrogen (secondary N) is 2. The average Bonchev–Trinajstić information content (AvgIpc) is 2.99. The van der Waals surface area contributed by atoms with Gasteiger partial charge in [-0.1, -0.05) is 30.3 Å². The van der Waals surface area contributed by atoms with Gasteiger partial charge in [-0.15, -0.1) is 11.3 Å². The summed E-state index contributed by atoms with van der Waals surface area (Å²) in [4.78, 5) is 26.9. The molecule has 0 bridgehead atoms. The van der Waals surface area contributed by atoms with Crippen molar-refractivity contribution in [2.75, 3.05) is 13.1 Å². The van der Waals surface area contributed by atoms with Crippen LogP contribution in [0.2, 0.25) is 0 Å². The number of carbonyl (C=O) groups is 2. The lowest BCUT2D eigenvalue weighted by Crippen LogP contribution is -2.33. The van der Waals surface area contributed by atoms with Gasteiger partial charge >= 0.3 is 0 Å². The highest BCUT2D eigenvalue weighted by atomic mass is 32.1. The molecule has 116 valence electrons. The fraction of sp³-hybridized carbons (Fsp3) is 0.312. The molecular weight excluding hydrogens is 298 g/mol. The quantitative estimate of drug-likeness (QED) is 0.767. The van der Waals surface area contributed by atoms with Gasteiger partial charge in [0.2, 0.25) is 11.8 Å². The maximum Gasteiger partial charge on any atom is 0.220 e. The average molecular weight is 317 g/mol. The van der Waals surface area contributed by atoms with Crippen molar-refractivity contribution in [1.29, 1.82) is 0 Å². The maximum absolute atomic E-state index is 11.7. The smallest absolute Gasteiger partial charge is 0.220 e. The molecule has 22 heavy (non-hydrogen) atoms. The van der Waals surface area contributed by atoms with Crippen LogP contribution in [0.3, 0.4) is 0 Å². The van der Waals surface area contributed by atoms with E-state index in [1.165, 1.54) is 6.92 Å². The second kappa shape index (κ2) is 8.29. The molecule has 0 spiro atoms. The molecule has 0 radical (unpaired) electrons. The Morgan fingerprint density at radius 2 is 1.86 bits per heavy atom. The van der Waals surface area contributed by atoms with Crippen molar-refractivity contribution in [2.24, 2.45) is 0 Å². The van der Waals surface area contributed by atoms with Crippen molar-refractivity contribution in [1.82, 2.24) is 15.6 Å². The predicted octanol–water partition coefficient (Wildman–Crippen LogP) is 1.99.